The number of unbranched alkanes of at least 4 members (excludes halogenated alkanes) is 30. The van der Waals surface area contributed by atoms with Crippen molar-refractivity contribution in [3.63, 3.8) is 0 Å². The number of hydrogen-bond donors (Lipinski definition) is 0. The largest absolute Gasteiger partial charge is 0.534 e. The van der Waals surface area contributed by atoms with E-state index in [2.05, 4.69) is 39.5 Å². The van der Waals surface area contributed by atoms with Crippen LogP contribution in [-0.2, 0) is 24.0 Å². The van der Waals surface area contributed by atoms with Crippen LogP contribution in [0.1, 0.15) is 324 Å². The second-order valence-corrected chi connectivity index (χ2v) is 25.8. The Kier molecular flexibility index (Phi) is 29.3. The quantitative estimate of drug-likeness (QED) is 0.0345. The third-order valence-corrected chi connectivity index (χ3v) is 20.5. The van der Waals surface area contributed by atoms with E-state index >= 15 is 0 Å². The molecule has 73 heavy (non-hydrogen) atoms. The highest BCUT2D eigenvalue weighted by Gasteiger charge is 2.61. The molecule has 1 aliphatic heterocycles. The molecular formula is C65H116N2O6. The molecular weight excluding hydrogens is 905 g/mol. The van der Waals surface area contributed by atoms with E-state index < -0.39 is 18.0 Å². The van der Waals surface area contributed by atoms with Crippen LogP contribution in [0.25, 0.3) is 0 Å². The average Bonchev–Trinajstić information content (AvgIpc) is 3.90. The number of hydroxylamine groups is 2. The van der Waals surface area contributed by atoms with Crippen molar-refractivity contribution in [2.75, 3.05) is 13.1 Å². The number of nitrogens with zero attached hydrogens (tertiary/aromatic N) is 2. The standard InChI is InChI=1S/C65H116N2O6/c1-6-8-10-12-14-16-18-20-22-24-26-28-30-32-34-36-50-66(51-37-35-33-31-29-27-25-23-21-19-17-15-13-11-9-7-2)60(68)43-38-53(3)57-41-42-58-56-40-39-54-52-55(72-63(71)73-67-61(69)44-45-62(67)70)46-48-64(54,4)59(56)47-49-65(57,58)5/h53-59H,6-52H2,1-5H3/t53-,54-,55-,56?,57-,58?,59?,64+,65-/m1/s1. The van der Waals surface area contributed by atoms with Gasteiger partial charge in [0.05, 0.1) is 0 Å². The molecule has 1 saturated heterocycles. The second kappa shape index (κ2) is 34.6. The molecule has 0 spiro atoms. The van der Waals surface area contributed by atoms with Gasteiger partial charge in [-0.3, -0.25) is 19.2 Å². The zero-order valence-corrected chi connectivity index (χ0v) is 48.6. The molecule has 0 N–H and O–H groups in total. The van der Waals surface area contributed by atoms with Crippen LogP contribution in [0.2, 0.25) is 0 Å². The van der Waals surface area contributed by atoms with Crippen molar-refractivity contribution in [1.29, 1.82) is 0 Å². The molecule has 422 valence electrons. The number of fused-ring (bicyclic) bond motifs is 5. The topological polar surface area (TPSA) is 93.2 Å². The highest BCUT2D eigenvalue weighted by atomic mass is 16.8. The summed E-state index contributed by atoms with van der Waals surface area (Å²) in [5.74, 6) is 3.45. The lowest BCUT2D eigenvalue weighted by molar-refractivity contribution is -0.181. The molecule has 8 heteroatoms. The SMILES string of the molecule is CCCCCCCCCCCCCCCCCCN(CCCCCCCCCCCCCCCCCC)C(=O)CC[C@@H](C)[C@H]1CCC2C3CC[C@@H]4C[C@H](OC(=O)ON5C(=O)CCC5=O)CC[C@]4(C)C3CC[C@@]21C. The van der Waals surface area contributed by atoms with Crippen LogP contribution >= 0.6 is 0 Å². The van der Waals surface area contributed by atoms with Crippen molar-refractivity contribution < 1.29 is 28.8 Å². The average molecular weight is 1020 g/mol. The minimum atomic E-state index is -0.925. The van der Waals surface area contributed by atoms with Gasteiger partial charge in [-0.05, 0) is 123 Å². The number of ether oxygens (including phenoxy) is 1. The zero-order valence-electron chi connectivity index (χ0n) is 48.6. The van der Waals surface area contributed by atoms with Gasteiger partial charge in [0.2, 0.25) is 5.91 Å². The summed E-state index contributed by atoms with van der Waals surface area (Å²) in [7, 11) is 0. The van der Waals surface area contributed by atoms with Crippen LogP contribution in [0.4, 0.5) is 4.79 Å². The van der Waals surface area contributed by atoms with Gasteiger partial charge in [0, 0.05) is 32.4 Å². The number of hydrogen-bond acceptors (Lipinski definition) is 6. The van der Waals surface area contributed by atoms with Gasteiger partial charge in [0.1, 0.15) is 6.10 Å². The van der Waals surface area contributed by atoms with Crippen LogP contribution in [0.15, 0.2) is 0 Å². The Bertz CT molecular complexity index is 1500. The number of rotatable bonds is 40. The minimum Gasteiger partial charge on any atom is -0.429 e. The minimum absolute atomic E-state index is 0.0793. The van der Waals surface area contributed by atoms with Crippen molar-refractivity contribution >= 4 is 23.9 Å². The number of carbonyl (C=O) groups excluding carboxylic acids is 4. The van der Waals surface area contributed by atoms with E-state index in [1.54, 1.807) is 0 Å². The van der Waals surface area contributed by atoms with Gasteiger partial charge in [-0.1, -0.05) is 232 Å². The Hall–Kier alpha value is -2.12. The first-order valence-electron chi connectivity index (χ1n) is 32.5. The summed E-state index contributed by atoms with van der Waals surface area (Å²) in [6, 6.07) is 0. The van der Waals surface area contributed by atoms with E-state index in [4.69, 9.17) is 9.57 Å². The molecule has 3 amide bonds. The smallest absolute Gasteiger partial charge is 0.429 e. The predicted molar refractivity (Wildman–Crippen MR) is 302 cm³/mol. The van der Waals surface area contributed by atoms with E-state index in [1.165, 1.54) is 231 Å². The Balaban J connectivity index is 1.01. The summed E-state index contributed by atoms with van der Waals surface area (Å²) in [5, 5.41) is 0.591. The maximum absolute atomic E-state index is 14.2. The first kappa shape index (κ1) is 61.7. The molecule has 5 aliphatic rings. The maximum Gasteiger partial charge on any atom is 0.534 e. The van der Waals surface area contributed by atoms with Crippen molar-refractivity contribution in [3.8, 4) is 0 Å². The van der Waals surface area contributed by atoms with Gasteiger partial charge in [-0.2, -0.15) is 0 Å². The van der Waals surface area contributed by atoms with Crippen molar-refractivity contribution in [2.45, 2.75) is 330 Å². The summed E-state index contributed by atoms with van der Waals surface area (Å²) < 4.78 is 5.75. The fourth-order valence-corrected chi connectivity index (χ4v) is 16.0. The monoisotopic (exact) mass is 1020 g/mol. The summed E-state index contributed by atoms with van der Waals surface area (Å²) in [5.41, 5.74) is 0.593. The molecule has 0 aromatic carbocycles. The number of carbonyl (C=O) groups is 4. The van der Waals surface area contributed by atoms with E-state index in [0.29, 0.717) is 46.5 Å². The van der Waals surface area contributed by atoms with Gasteiger partial charge < -0.3 is 9.64 Å². The lowest BCUT2D eigenvalue weighted by Gasteiger charge is -2.61. The van der Waals surface area contributed by atoms with E-state index in [0.717, 1.165) is 63.5 Å². The Morgan fingerprint density at radius 3 is 1.44 bits per heavy atom. The lowest BCUT2D eigenvalue weighted by atomic mass is 9.44. The molecule has 4 saturated carbocycles. The first-order valence-corrected chi connectivity index (χ1v) is 32.5. The number of imide groups is 1. The van der Waals surface area contributed by atoms with Gasteiger partial charge in [0.25, 0.3) is 11.8 Å². The molecule has 3 unspecified atom stereocenters. The van der Waals surface area contributed by atoms with Gasteiger partial charge in [0.15, 0.2) is 0 Å². The lowest BCUT2D eigenvalue weighted by Crippen LogP contribution is -2.54. The first-order chi connectivity index (χ1) is 35.5. The highest BCUT2D eigenvalue weighted by Crippen LogP contribution is 2.68. The third kappa shape index (κ3) is 20.3. The van der Waals surface area contributed by atoms with E-state index in [9.17, 15) is 19.2 Å². The molecule has 1 heterocycles. The van der Waals surface area contributed by atoms with Crippen LogP contribution < -0.4 is 0 Å². The predicted octanol–water partition coefficient (Wildman–Crippen LogP) is 19.0. The Morgan fingerprint density at radius 2 is 0.973 bits per heavy atom. The Labute approximate surface area is 449 Å². The van der Waals surface area contributed by atoms with Crippen LogP contribution in [-0.4, -0.2) is 53.0 Å². The summed E-state index contributed by atoms with van der Waals surface area (Å²) in [6.45, 7) is 14.2. The van der Waals surface area contributed by atoms with Crippen LogP contribution in [0.5, 0.6) is 0 Å². The molecule has 9 atom stereocenters. The van der Waals surface area contributed by atoms with E-state index in [1.807, 2.05) is 0 Å². The number of amides is 3. The fraction of sp³-hybridized carbons (Fsp3) is 0.938. The maximum atomic E-state index is 14.2. The molecule has 0 aromatic rings. The van der Waals surface area contributed by atoms with E-state index in [-0.39, 0.29) is 24.4 Å². The molecule has 5 rings (SSSR count). The third-order valence-electron chi connectivity index (χ3n) is 20.5. The normalized spacial score (nSPS) is 27.2. The molecule has 0 bridgehead atoms. The molecule has 5 fully saturated rings. The second-order valence-electron chi connectivity index (χ2n) is 25.8. The Morgan fingerprint density at radius 1 is 0.548 bits per heavy atom. The molecule has 0 radical (unpaired) electrons. The van der Waals surface area contributed by atoms with Crippen LogP contribution in [0.3, 0.4) is 0 Å². The van der Waals surface area contributed by atoms with Gasteiger partial charge in [-0.15, -0.1) is 0 Å². The molecule has 4 aliphatic carbocycles. The summed E-state index contributed by atoms with van der Waals surface area (Å²) >= 11 is 0. The van der Waals surface area contributed by atoms with Crippen LogP contribution in [0, 0.1) is 46.3 Å². The fourth-order valence-electron chi connectivity index (χ4n) is 16.0. The zero-order chi connectivity index (χ0) is 52.2. The highest BCUT2D eigenvalue weighted by molar-refractivity contribution is 6.01. The summed E-state index contributed by atoms with van der Waals surface area (Å²) in [4.78, 5) is 58.3. The molecule has 0 aromatic heterocycles. The van der Waals surface area contributed by atoms with Gasteiger partial charge >= 0.3 is 6.16 Å². The van der Waals surface area contributed by atoms with Gasteiger partial charge in [-0.25, -0.2) is 4.79 Å². The van der Waals surface area contributed by atoms with Crippen molar-refractivity contribution in [2.24, 2.45) is 46.3 Å². The van der Waals surface area contributed by atoms with Crippen molar-refractivity contribution in [1.82, 2.24) is 9.96 Å². The van der Waals surface area contributed by atoms with Crippen molar-refractivity contribution in [3.05, 3.63) is 0 Å². The summed E-state index contributed by atoms with van der Waals surface area (Å²) in [6.07, 6.45) is 55.2. The molecule has 8 nitrogen and oxygen atoms in total.